The van der Waals surface area contributed by atoms with Crippen LogP contribution in [0.4, 0.5) is 5.82 Å². The van der Waals surface area contributed by atoms with Crippen LogP contribution in [0.25, 0.3) is 0 Å². The van der Waals surface area contributed by atoms with E-state index in [2.05, 4.69) is 44.5 Å². The van der Waals surface area contributed by atoms with Gasteiger partial charge in [-0.3, -0.25) is 0 Å². The summed E-state index contributed by atoms with van der Waals surface area (Å²) in [5.41, 5.74) is 1.12. The Kier molecular flexibility index (Phi) is 11.3. The number of nitrogens with zero attached hydrogens (tertiary/aromatic N) is 4. The summed E-state index contributed by atoms with van der Waals surface area (Å²) >= 11 is 6.31. The number of nitrogens with one attached hydrogen (secondary N) is 2. The molecule has 7 nitrogen and oxygen atoms in total. The molecule has 0 aliphatic carbocycles. The molecule has 1 unspecified atom stereocenters. The Balaban J connectivity index is 0.00000363. The largest absolute Gasteiger partial charge is 0.492 e. The highest BCUT2D eigenvalue weighted by Gasteiger charge is 2.25. The lowest BCUT2D eigenvalue weighted by Crippen LogP contribution is -2.44. The zero-order chi connectivity index (χ0) is 22.1. The summed E-state index contributed by atoms with van der Waals surface area (Å²) in [6.07, 6.45) is 2.79. The van der Waals surface area contributed by atoms with Crippen LogP contribution in [-0.4, -0.2) is 68.8 Å². The molecule has 176 valence electrons. The highest BCUT2D eigenvalue weighted by molar-refractivity contribution is 14.0. The van der Waals surface area contributed by atoms with Gasteiger partial charge < -0.3 is 25.2 Å². The Bertz CT molecular complexity index is 866. The maximum atomic E-state index is 6.31. The van der Waals surface area contributed by atoms with Gasteiger partial charge in [0.1, 0.15) is 18.2 Å². The Hall–Kier alpha value is -1.78. The van der Waals surface area contributed by atoms with Crippen molar-refractivity contribution in [2.45, 2.75) is 25.9 Å². The molecule has 2 aromatic rings. The Morgan fingerprint density at radius 2 is 2.16 bits per heavy atom. The van der Waals surface area contributed by atoms with Gasteiger partial charge in [-0.2, -0.15) is 0 Å². The van der Waals surface area contributed by atoms with E-state index in [0.29, 0.717) is 18.2 Å². The molecule has 2 heterocycles. The Morgan fingerprint density at radius 1 is 1.31 bits per heavy atom. The summed E-state index contributed by atoms with van der Waals surface area (Å²) in [5, 5.41) is 7.60. The number of pyridine rings is 1. The number of aromatic nitrogens is 1. The predicted molar refractivity (Wildman–Crippen MR) is 144 cm³/mol. The number of hydrogen-bond donors (Lipinski definition) is 2. The normalized spacial score (nSPS) is 16.1. The second-order valence-electron chi connectivity index (χ2n) is 7.88. The smallest absolute Gasteiger partial charge is 0.191 e. The molecule has 2 N–H and O–H groups in total. The summed E-state index contributed by atoms with van der Waals surface area (Å²) < 4.78 is 5.84. The molecule has 0 amide bonds. The minimum atomic E-state index is 0. The van der Waals surface area contributed by atoms with Crippen LogP contribution in [-0.2, 0) is 6.54 Å². The van der Waals surface area contributed by atoms with Gasteiger partial charge >= 0.3 is 0 Å². The van der Waals surface area contributed by atoms with Crippen molar-refractivity contribution in [1.29, 1.82) is 0 Å². The van der Waals surface area contributed by atoms with Crippen LogP contribution in [0.2, 0.25) is 5.02 Å². The van der Waals surface area contributed by atoms with Crippen molar-refractivity contribution in [3.63, 3.8) is 0 Å². The highest BCUT2D eigenvalue weighted by Crippen LogP contribution is 2.25. The molecule has 1 aromatic carbocycles. The van der Waals surface area contributed by atoms with E-state index in [0.717, 1.165) is 55.7 Å². The van der Waals surface area contributed by atoms with Crippen LogP contribution in [0, 0.1) is 0 Å². The zero-order valence-electron chi connectivity index (χ0n) is 19.1. The summed E-state index contributed by atoms with van der Waals surface area (Å²) in [7, 11) is 4.08. The van der Waals surface area contributed by atoms with Crippen LogP contribution in [0.5, 0.6) is 5.75 Å². The molecule has 1 atom stereocenters. The van der Waals surface area contributed by atoms with Crippen molar-refractivity contribution >= 4 is 47.4 Å². The van der Waals surface area contributed by atoms with Crippen LogP contribution in [0.15, 0.2) is 47.6 Å². The van der Waals surface area contributed by atoms with Gasteiger partial charge in [0.05, 0.1) is 11.6 Å². The fraction of sp³-hybridized carbons (Fsp3) is 0.478. The quantitative estimate of drug-likeness (QED) is 0.272. The molecule has 0 spiro atoms. The second-order valence-corrected chi connectivity index (χ2v) is 8.29. The van der Waals surface area contributed by atoms with Crippen LogP contribution in [0.3, 0.4) is 0 Å². The van der Waals surface area contributed by atoms with Crippen molar-refractivity contribution in [3.8, 4) is 5.75 Å². The average molecular weight is 573 g/mol. The molecule has 0 saturated carbocycles. The molecule has 9 heteroatoms. The lowest BCUT2D eigenvalue weighted by Gasteiger charge is -2.20. The standard InChI is InChI=1S/C23H33ClN6O.HI/c1-4-25-23(27-16-18-7-5-8-20(15-18)31-14-13-29(2)3)28-19-10-12-30(17-19)22-21(24)9-6-11-26-22;/h5-9,11,15,19H,4,10,12-14,16-17H2,1-3H3,(H2,25,27,28);1H. The third-order valence-electron chi connectivity index (χ3n) is 5.04. The van der Waals surface area contributed by atoms with E-state index >= 15 is 0 Å². The topological polar surface area (TPSA) is 65.0 Å². The number of likely N-dealkylation sites (N-methyl/N-ethyl adjacent to an activating group) is 1. The van der Waals surface area contributed by atoms with Gasteiger partial charge in [-0.1, -0.05) is 23.7 Å². The minimum Gasteiger partial charge on any atom is -0.492 e. The first-order chi connectivity index (χ1) is 15.0. The van der Waals surface area contributed by atoms with Gasteiger partial charge in [0, 0.05) is 38.4 Å². The Labute approximate surface area is 213 Å². The van der Waals surface area contributed by atoms with E-state index in [1.807, 2.05) is 38.4 Å². The van der Waals surface area contributed by atoms with Gasteiger partial charge in [-0.25, -0.2) is 9.98 Å². The number of rotatable bonds is 9. The van der Waals surface area contributed by atoms with Crippen LogP contribution >= 0.6 is 35.6 Å². The summed E-state index contributed by atoms with van der Waals surface area (Å²) in [4.78, 5) is 13.5. The fourth-order valence-electron chi connectivity index (χ4n) is 3.44. The molecular weight excluding hydrogens is 539 g/mol. The molecule has 32 heavy (non-hydrogen) atoms. The fourth-order valence-corrected chi connectivity index (χ4v) is 3.68. The zero-order valence-corrected chi connectivity index (χ0v) is 22.1. The van der Waals surface area contributed by atoms with Gasteiger partial charge in [0.25, 0.3) is 0 Å². The van der Waals surface area contributed by atoms with Crippen molar-refractivity contribution < 1.29 is 4.74 Å². The molecule has 3 rings (SSSR count). The third-order valence-corrected chi connectivity index (χ3v) is 5.33. The summed E-state index contributed by atoms with van der Waals surface area (Å²) in [6, 6.07) is 12.2. The first-order valence-electron chi connectivity index (χ1n) is 10.8. The Morgan fingerprint density at radius 3 is 2.91 bits per heavy atom. The molecule has 1 aliphatic rings. The maximum absolute atomic E-state index is 6.31. The SMILES string of the molecule is CCNC(=NCc1cccc(OCCN(C)C)c1)NC1CCN(c2ncccc2Cl)C1.I. The van der Waals surface area contributed by atoms with Gasteiger partial charge in [0.2, 0.25) is 0 Å². The molecule has 0 radical (unpaired) electrons. The lowest BCUT2D eigenvalue weighted by molar-refractivity contribution is 0.261. The number of anilines is 1. The van der Waals surface area contributed by atoms with Crippen LogP contribution in [0.1, 0.15) is 18.9 Å². The van der Waals surface area contributed by atoms with E-state index in [4.69, 9.17) is 21.3 Å². The van der Waals surface area contributed by atoms with Gasteiger partial charge in [-0.05, 0) is 57.3 Å². The molecule has 1 fully saturated rings. The number of halogens is 2. The monoisotopic (exact) mass is 572 g/mol. The van der Waals surface area contributed by atoms with Crippen molar-refractivity contribution in [1.82, 2.24) is 20.5 Å². The first kappa shape index (κ1) is 26.5. The van der Waals surface area contributed by atoms with E-state index in [1.165, 1.54) is 0 Å². The average Bonchev–Trinajstić information content (AvgIpc) is 3.21. The van der Waals surface area contributed by atoms with E-state index < -0.39 is 0 Å². The van der Waals surface area contributed by atoms with Crippen molar-refractivity contribution in [3.05, 3.63) is 53.2 Å². The highest BCUT2D eigenvalue weighted by atomic mass is 127. The van der Waals surface area contributed by atoms with E-state index in [9.17, 15) is 0 Å². The second kappa shape index (κ2) is 13.7. The number of hydrogen-bond acceptors (Lipinski definition) is 5. The van der Waals surface area contributed by atoms with Gasteiger partial charge in [-0.15, -0.1) is 24.0 Å². The molecular formula is C23H34ClIN6O. The van der Waals surface area contributed by atoms with Crippen molar-refractivity contribution in [2.75, 3.05) is 51.8 Å². The van der Waals surface area contributed by atoms with E-state index in [1.54, 1.807) is 6.20 Å². The molecule has 1 aliphatic heterocycles. The van der Waals surface area contributed by atoms with Crippen LogP contribution < -0.4 is 20.3 Å². The summed E-state index contributed by atoms with van der Waals surface area (Å²) in [6.45, 7) is 6.79. The predicted octanol–water partition coefficient (Wildman–Crippen LogP) is 3.63. The number of guanidine groups is 1. The van der Waals surface area contributed by atoms with Crippen molar-refractivity contribution in [2.24, 2.45) is 4.99 Å². The van der Waals surface area contributed by atoms with E-state index in [-0.39, 0.29) is 30.0 Å². The third kappa shape index (κ3) is 8.29. The molecule has 0 bridgehead atoms. The summed E-state index contributed by atoms with van der Waals surface area (Å²) in [5.74, 6) is 2.55. The minimum absolute atomic E-state index is 0. The molecule has 1 saturated heterocycles. The number of benzene rings is 1. The number of aliphatic imine (C=N–C) groups is 1. The first-order valence-corrected chi connectivity index (χ1v) is 11.2. The number of ether oxygens (including phenoxy) is 1. The molecule has 1 aromatic heterocycles. The lowest BCUT2D eigenvalue weighted by atomic mass is 10.2. The van der Waals surface area contributed by atoms with Gasteiger partial charge in [0.15, 0.2) is 5.96 Å². The maximum Gasteiger partial charge on any atom is 0.191 e.